The number of rotatable bonds is 2. The molecular formula is C15H18N2O3. The van der Waals surface area contributed by atoms with E-state index in [1.807, 2.05) is 13.8 Å². The highest BCUT2D eigenvalue weighted by molar-refractivity contribution is 6.00. The predicted molar refractivity (Wildman–Crippen MR) is 77.1 cm³/mol. The van der Waals surface area contributed by atoms with Gasteiger partial charge in [-0.2, -0.15) is 0 Å². The number of hydrogen-bond acceptors (Lipinski definition) is 2. The third-order valence-electron chi connectivity index (χ3n) is 3.27. The van der Waals surface area contributed by atoms with Gasteiger partial charge in [-0.05, 0) is 32.4 Å². The number of carboxylic acids is 1. The molecule has 0 spiro atoms. The van der Waals surface area contributed by atoms with E-state index in [-0.39, 0.29) is 11.6 Å². The van der Waals surface area contributed by atoms with Crippen LogP contribution < -0.4 is 5.32 Å². The summed E-state index contributed by atoms with van der Waals surface area (Å²) in [6.45, 7) is 5.03. The molecule has 1 heterocycles. The third-order valence-corrected chi connectivity index (χ3v) is 3.27. The highest BCUT2D eigenvalue weighted by Gasteiger charge is 2.19. The highest BCUT2D eigenvalue weighted by atomic mass is 16.4. The molecule has 2 rings (SSSR count). The van der Waals surface area contributed by atoms with Crippen molar-refractivity contribution in [2.45, 2.75) is 20.3 Å². The monoisotopic (exact) mass is 274 g/mol. The van der Waals surface area contributed by atoms with Crippen LogP contribution in [-0.2, 0) is 0 Å². The molecule has 0 saturated heterocycles. The number of benzene rings is 1. The Kier molecular flexibility index (Phi) is 4.08. The van der Waals surface area contributed by atoms with Gasteiger partial charge in [0, 0.05) is 13.1 Å². The van der Waals surface area contributed by atoms with Gasteiger partial charge in [0.2, 0.25) is 0 Å². The molecule has 1 aliphatic heterocycles. The van der Waals surface area contributed by atoms with Crippen LogP contribution in [0.2, 0.25) is 0 Å². The first-order valence-electron chi connectivity index (χ1n) is 6.53. The molecule has 5 nitrogen and oxygen atoms in total. The molecule has 0 unspecified atom stereocenters. The topological polar surface area (TPSA) is 69.6 Å². The van der Waals surface area contributed by atoms with Crippen molar-refractivity contribution < 1.29 is 14.7 Å². The molecule has 0 radical (unpaired) electrons. The van der Waals surface area contributed by atoms with E-state index >= 15 is 0 Å². The number of nitrogens with zero attached hydrogens (tertiary/aromatic N) is 1. The Morgan fingerprint density at radius 2 is 2.05 bits per heavy atom. The van der Waals surface area contributed by atoms with Gasteiger partial charge in [0.15, 0.2) is 0 Å². The predicted octanol–water partition coefficient (Wildman–Crippen LogP) is 2.88. The van der Waals surface area contributed by atoms with E-state index in [2.05, 4.69) is 11.4 Å². The highest BCUT2D eigenvalue weighted by Crippen LogP contribution is 2.19. The van der Waals surface area contributed by atoms with Crippen molar-refractivity contribution in [1.82, 2.24) is 4.90 Å². The van der Waals surface area contributed by atoms with Gasteiger partial charge in [-0.15, -0.1) is 0 Å². The van der Waals surface area contributed by atoms with E-state index in [1.54, 1.807) is 23.1 Å². The number of aryl methyl sites for hydroxylation is 1. The van der Waals surface area contributed by atoms with Gasteiger partial charge in [0.05, 0.1) is 11.3 Å². The summed E-state index contributed by atoms with van der Waals surface area (Å²) in [5, 5.41) is 11.9. The van der Waals surface area contributed by atoms with Crippen LogP contribution in [0.25, 0.3) is 0 Å². The molecule has 2 N–H and O–H groups in total. The molecule has 1 aromatic rings. The maximum atomic E-state index is 12.2. The quantitative estimate of drug-likeness (QED) is 0.815. The van der Waals surface area contributed by atoms with Crippen molar-refractivity contribution >= 4 is 17.7 Å². The summed E-state index contributed by atoms with van der Waals surface area (Å²) >= 11 is 0. The number of carbonyl (C=O) groups is 2. The molecule has 1 aliphatic rings. The zero-order valence-electron chi connectivity index (χ0n) is 11.6. The molecule has 2 amide bonds. The van der Waals surface area contributed by atoms with Gasteiger partial charge < -0.3 is 15.3 Å². The average Bonchev–Trinajstić information content (AvgIpc) is 2.40. The fourth-order valence-electron chi connectivity index (χ4n) is 2.22. The van der Waals surface area contributed by atoms with Crippen molar-refractivity contribution in [3.05, 3.63) is 41.0 Å². The lowest BCUT2D eigenvalue weighted by molar-refractivity contribution is 0.0698. The molecule has 0 aromatic heterocycles. The summed E-state index contributed by atoms with van der Waals surface area (Å²) < 4.78 is 0. The second-order valence-electron chi connectivity index (χ2n) is 5.05. The first kappa shape index (κ1) is 14.1. The van der Waals surface area contributed by atoms with E-state index in [4.69, 9.17) is 0 Å². The van der Waals surface area contributed by atoms with Gasteiger partial charge >= 0.3 is 12.0 Å². The van der Waals surface area contributed by atoms with Crippen LogP contribution in [0.1, 0.15) is 29.3 Å². The van der Waals surface area contributed by atoms with Gasteiger partial charge in [0.1, 0.15) is 0 Å². The number of amides is 2. The van der Waals surface area contributed by atoms with E-state index in [0.717, 1.165) is 17.6 Å². The van der Waals surface area contributed by atoms with Crippen molar-refractivity contribution in [1.29, 1.82) is 0 Å². The lowest BCUT2D eigenvalue weighted by atomic mass is 10.1. The first-order valence-corrected chi connectivity index (χ1v) is 6.53. The number of hydrogen-bond donors (Lipinski definition) is 2. The Labute approximate surface area is 117 Å². The SMILES string of the molecule is CC1=CCCN(C(=O)Nc2ccc(C)cc2C(=O)O)C1. The number of aromatic carboxylic acids is 1. The molecule has 0 fully saturated rings. The molecule has 1 aromatic carbocycles. The summed E-state index contributed by atoms with van der Waals surface area (Å²) in [5.41, 5.74) is 2.44. The summed E-state index contributed by atoms with van der Waals surface area (Å²) in [5.74, 6) is -1.04. The van der Waals surface area contributed by atoms with Crippen LogP contribution in [0.5, 0.6) is 0 Å². The van der Waals surface area contributed by atoms with Gasteiger partial charge in [-0.1, -0.05) is 23.3 Å². The van der Waals surface area contributed by atoms with E-state index in [9.17, 15) is 14.7 Å². The number of nitrogens with one attached hydrogen (secondary N) is 1. The first-order chi connectivity index (χ1) is 9.47. The Morgan fingerprint density at radius 3 is 2.70 bits per heavy atom. The molecular weight excluding hydrogens is 256 g/mol. The maximum Gasteiger partial charge on any atom is 0.337 e. The van der Waals surface area contributed by atoms with Crippen molar-refractivity contribution in [2.24, 2.45) is 0 Å². The van der Waals surface area contributed by atoms with E-state index in [1.165, 1.54) is 0 Å². The number of carbonyl (C=O) groups excluding carboxylic acids is 1. The van der Waals surface area contributed by atoms with Crippen LogP contribution >= 0.6 is 0 Å². The lowest BCUT2D eigenvalue weighted by Gasteiger charge is -2.26. The second-order valence-corrected chi connectivity index (χ2v) is 5.05. The van der Waals surface area contributed by atoms with Crippen LogP contribution in [-0.4, -0.2) is 35.1 Å². The van der Waals surface area contributed by atoms with Crippen LogP contribution in [0.15, 0.2) is 29.8 Å². The van der Waals surface area contributed by atoms with Gasteiger partial charge in [-0.25, -0.2) is 9.59 Å². The molecule has 106 valence electrons. The summed E-state index contributed by atoms with van der Waals surface area (Å²) in [6, 6.07) is 4.70. The molecule has 0 bridgehead atoms. The van der Waals surface area contributed by atoms with Crippen LogP contribution in [0.4, 0.5) is 10.5 Å². The fraction of sp³-hybridized carbons (Fsp3) is 0.333. The van der Waals surface area contributed by atoms with E-state index < -0.39 is 5.97 Å². The number of carboxylic acid groups (broad SMARTS) is 1. The minimum absolute atomic E-state index is 0.114. The van der Waals surface area contributed by atoms with Gasteiger partial charge in [0.25, 0.3) is 0 Å². The Hall–Kier alpha value is -2.30. The number of urea groups is 1. The zero-order chi connectivity index (χ0) is 14.7. The molecule has 0 atom stereocenters. The smallest absolute Gasteiger partial charge is 0.337 e. The van der Waals surface area contributed by atoms with Crippen LogP contribution in [0.3, 0.4) is 0 Å². The van der Waals surface area contributed by atoms with Crippen molar-refractivity contribution in [3.8, 4) is 0 Å². The second kappa shape index (κ2) is 5.77. The minimum atomic E-state index is -1.04. The molecule has 0 saturated carbocycles. The standard InChI is InChI=1S/C15H18N2O3/c1-10-5-6-13(12(8-10)14(18)19)16-15(20)17-7-3-4-11(2)9-17/h4-6,8H,3,7,9H2,1-2H3,(H,16,20)(H,18,19). The normalized spacial score (nSPS) is 14.7. The molecule has 5 heteroatoms. The third kappa shape index (κ3) is 3.17. The van der Waals surface area contributed by atoms with Crippen molar-refractivity contribution in [3.63, 3.8) is 0 Å². The summed E-state index contributed by atoms with van der Waals surface area (Å²) in [7, 11) is 0. The van der Waals surface area contributed by atoms with Crippen LogP contribution in [0, 0.1) is 6.92 Å². The molecule has 0 aliphatic carbocycles. The summed E-state index contributed by atoms with van der Waals surface area (Å²) in [6.07, 6.45) is 2.94. The fourth-order valence-corrected chi connectivity index (χ4v) is 2.22. The van der Waals surface area contributed by atoms with Crippen molar-refractivity contribution in [2.75, 3.05) is 18.4 Å². The average molecular weight is 274 g/mol. The molecule has 20 heavy (non-hydrogen) atoms. The maximum absolute atomic E-state index is 12.2. The van der Waals surface area contributed by atoms with Gasteiger partial charge in [-0.3, -0.25) is 0 Å². The largest absolute Gasteiger partial charge is 0.478 e. The zero-order valence-corrected chi connectivity index (χ0v) is 11.6. The Balaban J connectivity index is 2.16. The van der Waals surface area contributed by atoms with E-state index in [0.29, 0.717) is 18.8 Å². The minimum Gasteiger partial charge on any atom is -0.478 e. The summed E-state index contributed by atoms with van der Waals surface area (Å²) in [4.78, 5) is 25.1. The Morgan fingerprint density at radius 1 is 1.30 bits per heavy atom. The Bertz CT molecular complexity index is 578. The lowest BCUT2D eigenvalue weighted by Crippen LogP contribution is -2.38. The number of anilines is 1.